The van der Waals surface area contributed by atoms with Crippen LogP contribution in [-0.2, 0) is 6.42 Å². The first-order valence-electron chi connectivity index (χ1n) is 10.2. The van der Waals surface area contributed by atoms with E-state index >= 15 is 0 Å². The first kappa shape index (κ1) is 19.8. The van der Waals surface area contributed by atoms with E-state index in [-0.39, 0.29) is 6.04 Å². The van der Waals surface area contributed by atoms with Crippen molar-refractivity contribution in [3.63, 3.8) is 0 Å². The molecule has 0 radical (unpaired) electrons. The standard InChI is InChI=1S/C21H27N9/c1-13(2)5-6-17-12-29(28-27-17)19-11-23-20(8-18(19)26-14(3)4)30-21-15(9-25-30)7-16(22)10-24-21/h7-14H,5-6,22H2,1-4H3,(H,23,26). The fourth-order valence-corrected chi connectivity index (χ4v) is 3.24. The number of nitrogens with zero attached hydrogens (tertiary/aromatic N) is 7. The summed E-state index contributed by atoms with van der Waals surface area (Å²) in [4.78, 5) is 9.04. The van der Waals surface area contributed by atoms with Crippen molar-refractivity contribution in [3.05, 3.63) is 42.6 Å². The molecule has 9 nitrogen and oxygen atoms in total. The Balaban J connectivity index is 1.72. The molecule has 0 unspecified atom stereocenters. The summed E-state index contributed by atoms with van der Waals surface area (Å²) in [5.41, 5.74) is 9.85. The molecule has 0 aliphatic heterocycles. The van der Waals surface area contributed by atoms with Crippen LogP contribution in [0.25, 0.3) is 22.5 Å². The molecule has 0 bridgehead atoms. The van der Waals surface area contributed by atoms with E-state index in [0.717, 1.165) is 35.3 Å². The van der Waals surface area contributed by atoms with Crippen LogP contribution in [0.5, 0.6) is 0 Å². The molecule has 156 valence electrons. The topological polar surface area (TPSA) is 112 Å². The molecular formula is C21H27N9. The quantitative estimate of drug-likeness (QED) is 0.484. The number of aryl methyl sites for hydroxylation is 1. The zero-order chi connectivity index (χ0) is 21.3. The van der Waals surface area contributed by atoms with E-state index in [2.05, 4.69) is 58.4 Å². The number of aromatic nitrogens is 7. The number of hydrogen-bond acceptors (Lipinski definition) is 7. The van der Waals surface area contributed by atoms with E-state index in [1.54, 1.807) is 28.0 Å². The highest BCUT2D eigenvalue weighted by atomic mass is 15.4. The molecule has 0 aliphatic rings. The van der Waals surface area contributed by atoms with Gasteiger partial charge in [0.2, 0.25) is 0 Å². The number of rotatable bonds is 7. The Morgan fingerprint density at radius 2 is 1.90 bits per heavy atom. The highest BCUT2D eigenvalue weighted by Crippen LogP contribution is 2.25. The average Bonchev–Trinajstić information content (AvgIpc) is 3.32. The van der Waals surface area contributed by atoms with E-state index in [4.69, 9.17) is 5.73 Å². The van der Waals surface area contributed by atoms with Gasteiger partial charge in [-0.05, 0) is 38.7 Å². The molecule has 4 rings (SSSR count). The molecular weight excluding hydrogens is 378 g/mol. The normalized spacial score (nSPS) is 11.7. The summed E-state index contributed by atoms with van der Waals surface area (Å²) >= 11 is 0. The van der Waals surface area contributed by atoms with E-state index in [0.29, 0.717) is 23.1 Å². The number of nitrogens with one attached hydrogen (secondary N) is 1. The molecule has 0 atom stereocenters. The highest BCUT2D eigenvalue weighted by Gasteiger charge is 2.14. The van der Waals surface area contributed by atoms with Gasteiger partial charge in [0.05, 0.1) is 41.9 Å². The van der Waals surface area contributed by atoms with Crippen molar-refractivity contribution in [2.45, 2.75) is 46.6 Å². The molecule has 9 heteroatoms. The van der Waals surface area contributed by atoms with E-state index < -0.39 is 0 Å². The smallest absolute Gasteiger partial charge is 0.164 e. The van der Waals surface area contributed by atoms with Crippen molar-refractivity contribution in [1.29, 1.82) is 0 Å². The molecule has 4 aromatic rings. The minimum Gasteiger partial charge on any atom is -0.397 e. The minimum absolute atomic E-state index is 0.232. The number of fused-ring (bicyclic) bond motifs is 1. The molecule has 0 fully saturated rings. The van der Waals surface area contributed by atoms with Gasteiger partial charge in [-0.3, -0.25) is 0 Å². The predicted molar refractivity (Wildman–Crippen MR) is 118 cm³/mol. The lowest BCUT2D eigenvalue weighted by Gasteiger charge is -2.15. The van der Waals surface area contributed by atoms with Crippen molar-refractivity contribution < 1.29 is 0 Å². The SMILES string of the molecule is CC(C)CCc1cn(-c2cnc(-n3ncc4cc(N)cnc43)cc2NC(C)C)nn1. The third-order valence-electron chi connectivity index (χ3n) is 4.72. The van der Waals surface area contributed by atoms with Crippen molar-refractivity contribution in [1.82, 2.24) is 34.7 Å². The Morgan fingerprint density at radius 3 is 2.67 bits per heavy atom. The number of anilines is 2. The highest BCUT2D eigenvalue weighted by molar-refractivity contribution is 5.79. The zero-order valence-corrected chi connectivity index (χ0v) is 17.7. The molecule has 0 amide bonds. The Bertz CT molecular complexity index is 1160. The second-order valence-electron chi connectivity index (χ2n) is 8.18. The maximum atomic E-state index is 5.83. The van der Waals surface area contributed by atoms with Crippen LogP contribution in [0.2, 0.25) is 0 Å². The zero-order valence-electron chi connectivity index (χ0n) is 17.7. The Labute approximate surface area is 175 Å². The van der Waals surface area contributed by atoms with Gasteiger partial charge in [0.1, 0.15) is 5.69 Å². The molecule has 30 heavy (non-hydrogen) atoms. The summed E-state index contributed by atoms with van der Waals surface area (Å²) < 4.78 is 3.48. The molecule has 4 heterocycles. The minimum atomic E-state index is 0.232. The summed E-state index contributed by atoms with van der Waals surface area (Å²) in [5.74, 6) is 1.29. The van der Waals surface area contributed by atoms with Crippen LogP contribution in [0.3, 0.4) is 0 Å². The first-order chi connectivity index (χ1) is 14.4. The van der Waals surface area contributed by atoms with Crippen LogP contribution in [0.4, 0.5) is 11.4 Å². The van der Waals surface area contributed by atoms with Gasteiger partial charge in [0.25, 0.3) is 0 Å². The van der Waals surface area contributed by atoms with Crippen LogP contribution < -0.4 is 11.1 Å². The fourth-order valence-electron chi connectivity index (χ4n) is 3.24. The van der Waals surface area contributed by atoms with Gasteiger partial charge in [-0.15, -0.1) is 5.10 Å². The summed E-state index contributed by atoms with van der Waals surface area (Å²) in [6.45, 7) is 8.60. The molecule has 0 aliphatic carbocycles. The summed E-state index contributed by atoms with van der Waals surface area (Å²) in [6.07, 6.45) is 9.10. The van der Waals surface area contributed by atoms with Crippen LogP contribution >= 0.6 is 0 Å². The largest absolute Gasteiger partial charge is 0.397 e. The lowest BCUT2D eigenvalue weighted by molar-refractivity contribution is 0.581. The van der Waals surface area contributed by atoms with Crippen LogP contribution in [-0.4, -0.2) is 40.8 Å². The molecule has 0 saturated carbocycles. The Hall–Kier alpha value is -3.49. The van der Waals surface area contributed by atoms with Gasteiger partial charge < -0.3 is 11.1 Å². The van der Waals surface area contributed by atoms with E-state index in [1.165, 1.54) is 0 Å². The molecule has 0 spiro atoms. The van der Waals surface area contributed by atoms with Crippen molar-refractivity contribution in [3.8, 4) is 11.5 Å². The van der Waals surface area contributed by atoms with Crippen molar-refractivity contribution in [2.24, 2.45) is 5.92 Å². The summed E-state index contributed by atoms with van der Waals surface area (Å²) in [7, 11) is 0. The van der Waals surface area contributed by atoms with Crippen LogP contribution in [0, 0.1) is 5.92 Å². The maximum absolute atomic E-state index is 5.83. The average molecular weight is 406 g/mol. The summed E-state index contributed by atoms with van der Waals surface area (Å²) in [6, 6.07) is 4.03. The van der Waals surface area contributed by atoms with Crippen molar-refractivity contribution >= 4 is 22.4 Å². The number of nitrogens with two attached hydrogens (primary N) is 1. The number of hydrogen-bond donors (Lipinski definition) is 2. The third-order valence-corrected chi connectivity index (χ3v) is 4.72. The van der Waals surface area contributed by atoms with Crippen LogP contribution in [0.15, 0.2) is 36.9 Å². The molecule has 0 aromatic carbocycles. The summed E-state index contributed by atoms with van der Waals surface area (Å²) in [5, 5.41) is 17.4. The first-order valence-corrected chi connectivity index (χ1v) is 10.2. The Morgan fingerprint density at radius 1 is 1.07 bits per heavy atom. The van der Waals surface area contributed by atoms with Gasteiger partial charge in [-0.1, -0.05) is 19.1 Å². The predicted octanol–water partition coefficient (Wildman–Crippen LogP) is 3.39. The van der Waals surface area contributed by atoms with E-state index in [9.17, 15) is 0 Å². The second-order valence-corrected chi connectivity index (χ2v) is 8.18. The van der Waals surface area contributed by atoms with Gasteiger partial charge in [0.15, 0.2) is 11.5 Å². The van der Waals surface area contributed by atoms with Gasteiger partial charge in [0, 0.05) is 17.5 Å². The second kappa shape index (κ2) is 8.10. The lowest BCUT2D eigenvalue weighted by atomic mass is 10.1. The van der Waals surface area contributed by atoms with Gasteiger partial charge in [-0.25, -0.2) is 14.6 Å². The van der Waals surface area contributed by atoms with E-state index in [1.807, 2.05) is 18.3 Å². The third kappa shape index (κ3) is 4.10. The molecule has 4 aromatic heterocycles. The molecule has 0 saturated heterocycles. The number of nitrogen functional groups attached to an aromatic ring is 1. The lowest BCUT2D eigenvalue weighted by Crippen LogP contribution is -2.14. The van der Waals surface area contributed by atoms with Crippen LogP contribution in [0.1, 0.15) is 39.8 Å². The fraction of sp³-hybridized carbons (Fsp3) is 0.381. The monoisotopic (exact) mass is 405 g/mol. The Kier molecular flexibility index (Phi) is 5.35. The van der Waals surface area contributed by atoms with Gasteiger partial charge >= 0.3 is 0 Å². The van der Waals surface area contributed by atoms with Gasteiger partial charge in [-0.2, -0.15) is 9.78 Å². The van der Waals surface area contributed by atoms with Crippen molar-refractivity contribution in [2.75, 3.05) is 11.1 Å². The number of pyridine rings is 2. The maximum Gasteiger partial charge on any atom is 0.164 e. The molecule has 3 N–H and O–H groups in total.